The third kappa shape index (κ3) is 4.18. The summed E-state index contributed by atoms with van der Waals surface area (Å²) in [6, 6.07) is 8.08. The van der Waals surface area contributed by atoms with Gasteiger partial charge < -0.3 is 30.2 Å². The summed E-state index contributed by atoms with van der Waals surface area (Å²) >= 11 is 0. The van der Waals surface area contributed by atoms with Crippen LogP contribution in [0.25, 0.3) is 0 Å². The maximum absolute atomic E-state index is 11.2. The van der Waals surface area contributed by atoms with Gasteiger partial charge >= 0.3 is 7.75 Å². The lowest BCUT2D eigenvalue weighted by Gasteiger charge is -2.24. The fourth-order valence-electron chi connectivity index (χ4n) is 2.42. The maximum Gasteiger partial charge on any atom is 0.427 e. The number of aromatic hydroxyl groups is 3. The van der Waals surface area contributed by atoms with Crippen molar-refractivity contribution in [3.63, 3.8) is 0 Å². The highest BCUT2D eigenvalue weighted by atomic mass is 31.2. The van der Waals surface area contributed by atoms with Gasteiger partial charge in [-0.1, -0.05) is 19.1 Å². The van der Waals surface area contributed by atoms with Crippen LogP contribution >= 0.6 is 7.75 Å². The first-order valence-corrected chi connectivity index (χ1v) is 8.56. The Labute approximate surface area is 137 Å². The third-order valence-electron chi connectivity index (χ3n) is 3.57. The highest BCUT2D eigenvalue weighted by Gasteiger charge is 2.27. The molecule has 0 saturated heterocycles. The van der Waals surface area contributed by atoms with Crippen LogP contribution in [0, 0.1) is 0 Å². The van der Waals surface area contributed by atoms with Gasteiger partial charge in [0.25, 0.3) is 0 Å². The van der Waals surface area contributed by atoms with E-state index < -0.39 is 31.3 Å². The predicted octanol–water partition coefficient (Wildman–Crippen LogP) is 2.15. The van der Waals surface area contributed by atoms with Crippen molar-refractivity contribution in [1.29, 1.82) is 0 Å². The van der Waals surface area contributed by atoms with Gasteiger partial charge in [0.1, 0.15) is 17.2 Å². The molecule has 0 amide bonds. The summed E-state index contributed by atoms with van der Waals surface area (Å²) in [5.74, 6) is -1.57. The van der Waals surface area contributed by atoms with Crippen LogP contribution < -0.4 is 5.09 Å². The molecule has 0 aliphatic rings. The van der Waals surface area contributed by atoms with Crippen molar-refractivity contribution >= 4 is 13.4 Å². The predicted molar refractivity (Wildman–Crippen MR) is 86.9 cm³/mol. The molecular formula is C15H18NO7P. The zero-order valence-electron chi connectivity index (χ0n) is 12.7. The van der Waals surface area contributed by atoms with E-state index in [0.29, 0.717) is 5.56 Å². The molecule has 2 aromatic carbocycles. The molecule has 0 heterocycles. The highest BCUT2D eigenvalue weighted by Crippen LogP contribution is 2.46. The minimum atomic E-state index is -4.73. The molecule has 130 valence electrons. The number of nitrogens with one attached hydrogen (secondary N) is 1. The normalized spacial score (nSPS) is 14.2. The second-order valence-electron chi connectivity index (χ2n) is 5.41. The molecule has 7 N–H and O–H groups in total. The molecule has 8 nitrogen and oxygen atoms in total. The Bertz CT molecular complexity index is 789. The van der Waals surface area contributed by atoms with Crippen LogP contribution in [0.3, 0.4) is 0 Å². The standard InChI is InChI=1S/C15H18NO7P/c1-8(9-3-2-4-10(17)5-9)15(20)14-12(16-24(21,22)23)6-11(18)7-13(14)19/h2-8,15,17-20H,1H3,(H3,16,21,22,23). The zero-order valence-corrected chi connectivity index (χ0v) is 13.6. The van der Waals surface area contributed by atoms with E-state index in [2.05, 4.69) is 0 Å². The van der Waals surface area contributed by atoms with E-state index in [1.807, 2.05) is 5.09 Å². The fourth-order valence-corrected chi connectivity index (χ4v) is 2.92. The van der Waals surface area contributed by atoms with Crippen LogP contribution in [0.4, 0.5) is 5.69 Å². The molecule has 24 heavy (non-hydrogen) atoms. The van der Waals surface area contributed by atoms with Gasteiger partial charge in [-0.25, -0.2) is 4.57 Å². The molecule has 0 fully saturated rings. The van der Waals surface area contributed by atoms with Gasteiger partial charge in [0.05, 0.1) is 11.8 Å². The molecule has 2 rings (SSSR count). The number of hydrogen-bond acceptors (Lipinski definition) is 5. The van der Waals surface area contributed by atoms with Gasteiger partial charge in [0.15, 0.2) is 0 Å². The smallest absolute Gasteiger partial charge is 0.427 e. The van der Waals surface area contributed by atoms with E-state index in [9.17, 15) is 25.0 Å². The average molecular weight is 355 g/mol. The minimum absolute atomic E-state index is 0.00459. The van der Waals surface area contributed by atoms with Gasteiger partial charge in [-0.2, -0.15) is 0 Å². The first-order chi connectivity index (χ1) is 11.1. The van der Waals surface area contributed by atoms with Gasteiger partial charge in [-0.3, -0.25) is 5.09 Å². The molecule has 2 unspecified atom stereocenters. The molecule has 0 saturated carbocycles. The molecule has 9 heteroatoms. The van der Waals surface area contributed by atoms with E-state index in [1.165, 1.54) is 12.1 Å². The summed E-state index contributed by atoms with van der Waals surface area (Å²) in [6.07, 6.45) is -1.36. The van der Waals surface area contributed by atoms with E-state index in [0.717, 1.165) is 12.1 Å². The molecule has 2 atom stereocenters. The molecule has 0 aliphatic carbocycles. The Morgan fingerprint density at radius 2 is 1.71 bits per heavy atom. The number of phenolic OH excluding ortho intramolecular Hbond substituents is 3. The first kappa shape index (κ1) is 18.1. The second kappa shape index (κ2) is 6.70. The Hall–Kier alpha value is -2.25. The summed E-state index contributed by atoms with van der Waals surface area (Å²) in [5, 5.41) is 41.5. The van der Waals surface area contributed by atoms with Crippen molar-refractivity contribution in [2.45, 2.75) is 18.9 Å². The van der Waals surface area contributed by atoms with Gasteiger partial charge in [0.2, 0.25) is 0 Å². The Morgan fingerprint density at radius 3 is 2.29 bits per heavy atom. The lowest BCUT2D eigenvalue weighted by molar-refractivity contribution is 0.149. The number of benzene rings is 2. The summed E-state index contributed by atoms with van der Waals surface area (Å²) in [5.41, 5.74) is 0.0874. The lowest BCUT2D eigenvalue weighted by Crippen LogP contribution is -2.11. The van der Waals surface area contributed by atoms with Crippen molar-refractivity contribution in [1.82, 2.24) is 0 Å². The van der Waals surface area contributed by atoms with E-state index >= 15 is 0 Å². The third-order valence-corrected chi connectivity index (χ3v) is 4.11. The molecule has 2 aromatic rings. The van der Waals surface area contributed by atoms with Crippen molar-refractivity contribution in [2.24, 2.45) is 0 Å². The monoisotopic (exact) mass is 355 g/mol. The second-order valence-corrected chi connectivity index (χ2v) is 6.72. The van der Waals surface area contributed by atoms with Crippen LogP contribution in [0.15, 0.2) is 36.4 Å². The van der Waals surface area contributed by atoms with Crippen LogP contribution in [0.1, 0.15) is 30.1 Å². The van der Waals surface area contributed by atoms with Crippen molar-refractivity contribution in [3.8, 4) is 17.2 Å². The maximum atomic E-state index is 11.2. The number of aliphatic hydroxyl groups excluding tert-OH is 1. The van der Waals surface area contributed by atoms with Gasteiger partial charge in [-0.15, -0.1) is 0 Å². The van der Waals surface area contributed by atoms with E-state index in [-0.39, 0.29) is 17.0 Å². The highest BCUT2D eigenvalue weighted by molar-refractivity contribution is 7.53. The van der Waals surface area contributed by atoms with Crippen molar-refractivity contribution in [2.75, 3.05) is 5.09 Å². The van der Waals surface area contributed by atoms with Gasteiger partial charge in [-0.05, 0) is 17.7 Å². The van der Waals surface area contributed by atoms with E-state index in [1.54, 1.807) is 19.1 Å². The van der Waals surface area contributed by atoms with Crippen LogP contribution in [0.5, 0.6) is 17.2 Å². The summed E-state index contributed by atoms with van der Waals surface area (Å²) in [7, 11) is -4.73. The largest absolute Gasteiger partial charge is 0.508 e. The molecule has 0 spiro atoms. The fraction of sp³-hybridized carbons (Fsp3) is 0.200. The summed E-state index contributed by atoms with van der Waals surface area (Å²) in [6.45, 7) is 1.62. The Morgan fingerprint density at radius 1 is 1.04 bits per heavy atom. The molecule has 0 aromatic heterocycles. The summed E-state index contributed by atoms with van der Waals surface area (Å²) < 4.78 is 11.2. The number of anilines is 1. The number of phenols is 3. The average Bonchev–Trinajstić information content (AvgIpc) is 2.43. The Balaban J connectivity index is 2.48. The zero-order chi connectivity index (χ0) is 18.1. The van der Waals surface area contributed by atoms with Gasteiger partial charge in [0, 0.05) is 23.6 Å². The molecule has 0 bridgehead atoms. The topological polar surface area (TPSA) is 150 Å². The SMILES string of the molecule is CC(c1cccc(O)c1)C(O)c1c(O)cc(O)cc1NP(=O)(O)O. The van der Waals surface area contributed by atoms with Crippen LogP contribution in [-0.4, -0.2) is 30.2 Å². The Kier molecular flexibility index (Phi) is 5.05. The molecule has 0 aliphatic heterocycles. The molecule has 0 radical (unpaired) electrons. The number of hydrogen-bond donors (Lipinski definition) is 7. The minimum Gasteiger partial charge on any atom is -0.508 e. The number of aliphatic hydroxyl groups is 1. The summed E-state index contributed by atoms with van der Waals surface area (Å²) in [4.78, 5) is 18.1. The number of rotatable bonds is 5. The first-order valence-electron chi connectivity index (χ1n) is 6.95. The van der Waals surface area contributed by atoms with Crippen molar-refractivity contribution < 1.29 is 34.8 Å². The van der Waals surface area contributed by atoms with Crippen LogP contribution in [0.2, 0.25) is 0 Å². The van der Waals surface area contributed by atoms with Crippen LogP contribution in [-0.2, 0) is 4.57 Å². The van der Waals surface area contributed by atoms with E-state index in [4.69, 9.17) is 9.79 Å². The van der Waals surface area contributed by atoms with Crippen molar-refractivity contribution in [3.05, 3.63) is 47.5 Å². The molecular weight excluding hydrogens is 337 g/mol. The quantitative estimate of drug-likeness (QED) is 0.403. The lowest BCUT2D eigenvalue weighted by atomic mass is 9.89.